The molecule has 0 amide bonds. The number of benzene rings is 2. The summed E-state index contributed by atoms with van der Waals surface area (Å²) < 4.78 is 39.1. The molecule has 0 N–H and O–H groups in total. The summed E-state index contributed by atoms with van der Waals surface area (Å²) in [5.41, 5.74) is 1.30. The summed E-state index contributed by atoms with van der Waals surface area (Å²) in [6.45, 7) is 3.26. The van der Waals surface area contributed by atoms with Crippen molar-refractivity contribution in [3.63, 3.8) is 0 Å². The number of carbonyl (C=O) groups is 1. The topological polar surface area (TPSA) is 78.5 Å². The van der Waals surface area contributed by atoms with Crippen molar-refractivity contribution >= 4 is 26.6 Å². The summed E-state index contributed by atoms with van der Waals surface area (Å²) in [6, 6.07) is 15.5. The number of aromatic nitrogens is 1. The number of ketones is 1. The first-order chi connectivity index (χ1) is 13.8. The van der Waals surface area contributed by atoms with E-state index in [0.717, 1.165) is 10.9 Å². The molecule has 0 aliphatic heterocycles. The molecule has 7 heteroatoms. The molecular formula is C22H19NO5S. The van der Waals surface area contributed by atoms with Gasteiger partial charge in [-0.25, -0.2) is 12.4 Å². The van der Waals surface area contributed by atoms with E-state index in [0.29, 0.717) is 11.1 Å². The lowest BCUT2D eigenvalue weighted by molar-refractivity contribution is 0.0984. The maximum Gasteiger partial charge on any atom is 0.268 e. The Balaban J connectivity index is 2.02. The number of carbonyl (C=O) groups excluding carboxylic acids is 1. The average Bonchev–Trinajstić information content (AvgIpc) is 3.30. The van der Waals surface area contributed by atoms with Crippen molar-refractivity contribution in [1.29, 1.82) is 0 Å². The van der Waals surface area contributed by atoms with Crippen LogP contribution in [-0.4, -0.2) is 25.3 Å². The summed E-state index contributed by atoms with van der Waals surface area (Å²) >= 11 is 0. The molecule has 0 fully saturated rings. The van der Waals surface area contributed by atoms with Crippen molar-refractivity contribution in [2.24, 2.45) is 0 Å². The van der Waals surface area contributed by atoms with E-state index in [1.165, 1.54) is 18.0 Å². The second kappa shape index (κ2) is 6.93. The number of hydrogen-bond donors (Lipinski definition) is 0. The van der Waals surface area contributed by atoms with Crippen LogP contribution in [-0.2, 0) is 10.0 Å². The number of ether oxygens (including phenoxy) is 1. The Labute approximate surface area is 168 Å². The van der Waals surface area contributed by atoms with Crippen molar-refractivity contribution in [3.8, 4) is 17.2 Å². The monoisotopic (exact) mass is 409 g/mol. The minimum Gasteiger partial charge on any atom is -0.493 e. The van der Waals surface area contributed by atoms with Gasteiger partial charge in [0.05, 0.1) is 12.0 Å². The van der Waals surface area contributed by atoms with Crippen LogP contribution >= 0.6 is 0 Å². The van der Waals surface area contributed by atoms with Gasteiger partial charge in [0, 0.05) is 30.0 Å². The van der Waals surface area contributed by atoms with E-state index in [1.54, 1.807) is 36.5 Å². The summed E-state index contributed by atoms with van der Waals surface area (Å²) in [6.07, 6.45) is 1.56. The summed E-state index contributed by atoms with van der Waals surface area (Å²) in [5.74, 6) is 0.241. The molecule has 0 aliphatic rings. The van der Waals surface area contributed by atoms with Crippen LogP contribution in [0.2, 0.25) is 0 Å². The molecule has 0 atom stereocenters. The third-order valence-corrected chi connectivity index (χ3v) is 6.42. The average molecular weight is 409 g/mol. The SMILES string of the molecule is COc1cc(-c2c3ccccc3cn2S(=O)(=O)c2ccc(C)cc2)oc1C(C)=O. The molecule has 4 rings (SSSR count). The second-order valence-electron chi connectivity index (χ2n) is 6.74. The van der Waals surface area contributed by atoms with E-state index in [4.69, 9.17) is 9.15 Å². The fraction of sp³-hybridized carbons (Fsp3) is 0.136. The Hall–Kier alpha value is -3.32. The number of hydrogen-bond acceptors (Lipinski definition) is 5. The maximum atomic E-state index is 13.4. The van der Waals surface area contributed by atoms with Crippen LogP contribution in [0.5, 0.6) is 5.75 Å². The standard InChI is InChI=1S/C22H19NO5S/c1-14-8-10-17(11-9-14)29(25,26)23-13-16-6-4-5-7-18(16)21(23)19-12-20(27-3)22(28-19)15(2)24/h4-13H,1-3H3. The minimum absolute atomic E-state index is 0.0482. The molecule has 2 aromatic carbocycles. The van der Waals surface area contributed by atoms with Gasteiger partial charge in [-0.1, -0.05) is 42.0 Å². The lowest BCUT2D eigenvalue weighted by Gasteiger charge is -2.10. The largest absolute Gasteiger partial charge is 0.493 e. The van der Waals surface area contributed by atoms with Crippen LogP contribution in [0.4, 0.5) is 0 Å². The molecule has 148 valence electrons. The smallest absolute Gasteiger partial charge is 0.268 e. The molecule has 6 nitrogen and oxygen atoms in total. The Morgan fingerprint density at radius 2 is 1.76 bits per heavy atom. The van der Waals surface area contributed by atoms with Crippen molar-refractivity contribution in [2.75, 3.05) is 7.11 Å². The van der Waals surface area contributed by atoms with Gasteiger partial charge < -0.3 is 9.15 Å². The van der Waals surface area contributed by atoms with Gasteiger partial charge in [0.2, 0.25) is 5.76 Å². The highest BCUT2D eigenvalue weighted by molar-refractivity contribution is 7.90. The number of methoxy groups -OCH3 is 1. The zero-order valence-electron chi connectivity index (χ0n) is 16.2. The molecular weight excluding hydrogens is 390 g/mol. The van der Waals surface area contributed by atoms with Crippen LogP contribution < -0.4 is 4.74 Å². The van der Waals surface area contributed by atoms with Crippen molar-refractivity contribution in [2.45, 2.75) is 18.7 Å². The molecule has 0 spiro atoms. The number of fused-ring (bicyclic) bond motifs is 1. The predicted octanol–water partition coefficient (Wildman–Crippen LogP) is 4.66. The number of nitrogens with zero attached hydrogens (tertiary/aromatic N) is 1. The predicted molar refractivity (Wildman–Crippen MR) is 110 cm³/mol. The van der Waals surface area contributed by atoms with Gasteiger partial charge in [-0.15, -0.1) is 0 Å². The van der Waals surface area contributed by atoms with E-state index in [2.05, 4.69) is 0 Å². The number of rotatable bonds is 5. The molecule has 0 saturated carbocycles. The zero-order chi connectivity index (χ0) is 20.8. The van der Waals surface area contributed by atoms with Gasteiger partial charge in [0.25, 0.3) is 10.0 Å². The first-order valence-electron chi connectivity index (χ1n) is 8.94. The highest BCUT2D eigenvalue weighted by Gasteiger charge is 2.27. The highest BCUT2D eigenvalue weighted by atomic mass is 32.2. The second-order valence-corrected chi connectivity index (χ2v) is 8.56. The summed E-state index contributed by atoms with van der Waals surface area (Å²) in [4.78, 5) is 12.1. The van der Waals surface area contributed by atoms with Crippen molar-refractivity contribution in [1.82, 2.24) is 3.97 Å². The fourth-order valence-electron chi connectivity index (χ4n) is 3.28. The van der Waals surface area contributed by atoms with E-state index in [1.807, 2.05) is 31.2 Å². The minimum atomic E-state index is -3.90. The Bertz CT molecular complexity index is 1330. The Kier molecular flexibility index (Phi) is 4.55. The maximum absolute atomic E-state index is 13.4. The van der Waals surface area contributed by atoms with Crippen molar-refractivity contribution < 1.29 is 22.4 Å². The molecule has 2 heterocycles. The van der Waals surface area contributed by atoms with Crippen LogP contribution in [0, 0.1) is 6.92 Å². The molecule has 0 bridgehead atoms. The Morgan fingerprint density at radius 1 is 1.07 bits per heavy atom. The number of aryl methyl sites for hydroxylation is 1. The van der Waals surface area contributed by atoms with Gasteiger partial charge in [-0.3, -0.25) is 4.79 Å². The molecule has 0 aliphatic carbocycles. The molecule has 0 unspecified atom stereocenters. The van der Waals surface area contributed by atoms with E-state index in [-0.39, 0.29) is 27.9 Å². The van der Waals surface area contributed by atoms with Gasteiger partial charge in [0.1, 0.15) is 5.69 Å². The van der Waals surface area contributed by atoms with Gasteiger partial charge in [0.15, 0.2) is 17.3 Å². The lowest BCUT2D eigenvalue weighted by Crippen LogP contribution is -2.13. The third-order valence-electron chi connectivity index (χ3n) is 4.74. The molecule has 0 radical (unpaired) electrons. The molecule has 29 heavy (non-hydrogen) atoms. The molecule has 4 aromatic rings. The van der Waals surface area contributed by atoms with Gasteiger partial charge in [-0.05, 0) is 19.1 Å². The summed E-state index contributed by atoms with van der Waals surface area (Å²) in [5, 5.41) is 1.42. The number of furan rings is 1. The zero-order valence-corrected chi connectivity index (χ0v) is 17.0. The quantitative estimate of drug-likeness (QED) is 0.448. The first-order valence-corrected chi connectivity index (χ1v) is 10.4. The Morgan fingerprint density at radius 3 is 2.38 bits per heavy atom. The first kappa shape index (κ1) is 19.0. The highest BCUT2D eigenvalue weighted by Crippen LogP contribution is 2.38. The summed E-state index contributed by atoms with van der Waals surface area (Å²) in [7, 11) is -2.46. The molecule has 0 saturated heterocycles. The fourth-order valence-corrected chi connectivity index (χ4v) is 4.67. The van der Waals surface area contributed by atoms with Crippen LogP contribution in [0.3, 0.4) is 0 Å². The van der Waals surface area contributed by atoms with Crippen LogP contribution in [0.25, 0.3) is 22.2 Å². The van der Waals surface area contributed by atoms with Crippen LogP contribution in [0.1, 0.15) is 23.0 Å². The number of Topliss-reactive ketones (excluding diaryl/α,β-unsaturated/α-hetero) is 1. The van der Waals surface area contributed by atoms with E-state index in [9.17, 15) is 13.2 Å². The van der Waals surface area contributed by atoms with Gasteiger partial charge >= 0.3 is 0 Å². The lowest BCUT2D eigenvalue weighted by atomic mass is 10.1. The van der Waals surface area contributed by atoms with Crippen molar-refractivity contribution in [3.05, 3.63) is 72.1 Å². The third kappa shape index (κ3) is 3.13. The van der Waals surface area contributed by atoms with Gasteiger partial charge in [-0.2, -0.15) is 0 Å². The van der Waals surface area contributed by atoms with Crippen LogP contribution in [0.15, 0.2) is 70.1 Å². The molecule has 2 aromatic heterocycles. The van der Waals surface area contributed by atoms with E-state index < -0.39 is 10.0 Å². The van der Waals surface area contributed by atoms with E-state index >= 15 is 0 Å². The normalized spacial score (nSPS) is 11.7.